The quantitative estimate of drug-likeness (QED) is 0.642. The summed E-state index contributed by atoms with van der Waals surface area (Å²) in [5.41, 5.74) is 0.898. The Morgan fingerprint density at radius 1 is 1.12 bits per heavy atom. The fourth-order valence-electron chi connectivity index (χ4n) is 3.87. The summed E-state index contributed by atoms with van der Waals surface area (Å²) in [5, 5.41) is 8.78. The van der Waals surface area contributed by atoms with E-state index in [0.29, 0.717) is 19.7 Å². The molecule has 1 aliphatic rings. The molecule has 0 saturated heterocycles. The molecule has 3 unspecified atom stereocenters. The average Bonchev–Trinajstić information content (AvgIpc) is 2.79. The summed E-state index contributed by atoms with van der Waals surface area (Å²) in [6.07, 6.45) is 4.54. The van der Waals surface area contributed by atoms with Gasteiger partial charge < -0.3 is 25.6 Å². The number of hydrogen-bond acceptors (Lipinski definition) is 5. The molecule has 0 saturated carbocycles. The van der Waals surface area contributed by atoms with E-state index in [9.17, 15) is 14.4 Å². The minimum absolute atomic E-state index is 0.0717. The number of nitrogens with zero attached hydrogens (tertiary/aromatic N) is 1. The van der Waals surface area contributed by atoms with Crippen molar-refractivity contribution in [3.05, 3.63) is 35.9 Å². The van der Waals surface area contributed by atoms with E-state index >= 15 is 0 Å². The number of likely N-dealkylation sites (N-methyl/N-ethyl adjacent to an activating group) is 1. The molecule has 182 valence electrons. The van der Waals surface area contributed by atoms with Crippen LogP contribution in [0.25, 0.3) is 6.08 Å². The van der Waals surface area contributed by atoms with E-state index in [4.69, 9.17) is 4.74 Å². The number of nitrogens with one attached hydrogen (secondary N) is 3. The summed E-state index contributed by atoms with van der Waals surface area (Å²) in [6, 6.07) is 6.53. The van der Waals surface area contributed by atoms with Gasteiger partial charge in [-0.1, -0.05) is 64.5 Å². The number of rotatable bonds is 3. The van der Waals surface area contributed by atoms with Crippen molar-refractivity contribution >= 4 is 23.8 Å². The van der Waals surface area contributed by atoms with Gasteiger partial charge in [-0.2, -0.15) is 0 Å². The van der Waals surface area contributed by atoms with Crippen LogP contribution in [0.5, 0.6) is 5.75 Å². The third-order valence-corrected chi connectivity index (χ3v) is 5.92. The molecule has 8 nitrogen and oxygen atoms in total. The number of hydrogen-bond donors (Lipinski definition) is 3. The molecule has 1 aliphatic heterocycles. The number of para-hydroxylation sites is 1. The molecular weight excluding hydrogens is 420 g/mol. The van der Waals surface area contributed by atoms with Crippen molar-refractivity contribution in [1.82, 2.24) is 20.9 Å². The molecule has 3 atom stereocenters. The third-order valence-electron chi connectivity index (χ3n) is 5.92. The van der Waals surface area contributed by atoms with E-state index in [1.807, 2.05) is 64.1 Å². The van der Waals surface area contributed by atoms with Crippen LogP contribution in [0.3, 0.4) is 0 Å². The van der Waals surface area contributed by atoms with Crippen LogP contribution in [0, 0.1) is 11.8 Å². The molecule has 33 heavy (non-hydrogen) atoms. The van der Waals surface area contributed by atoms with Gasteiger partial charge in [0.1, 0.15) is 18.4 Å². The molecular formula is C25H38N4O4. The molecule has 0 spiro atoms. The summed E-state index contributed by atoms with van der Waals surface area (Å²) in [6.45, 7) is 8.89. The van der Waals surface area contributed by atoms with Gasteiger partial charge in [-0.25, -0.2) is 0 Å². The summed E-state index contributed by atoms with van der Waals surface area (Å²) < 4.78 is 5.96. The Labute approximate surface area is 197 Å². The molecule has 0 fully saturated rings. The Balaban J connectivity index is 2.29. The minimum Gasteiger partial charge on any atom is -0.492 e. The molecule has 0 radical (unpaired) electrons. The number of benzene rings is 1. The van der Waals surface area contributed by atoms with Crippen LogP contribution >= 0.6 is 0 Å². The molecule has 8 heteroatoms. The Kier molecular flexibility index (Phi) is 10.4. The molecule has 1 aromatic carbocycles. The van der Waals surface area contributed by atoms with E-state index in [2.05, 4.69) is 16.0 Å². The molecule has 3 amide bonds. The maximum atomic E-state index is 13.4. The molecule has 1 heterocycles. The monoisotopic (exact) mass is 458 g/mol. The van der Waals surface area contributed by atoms with Crippen LogP contribution in [-0.4, -0.2) is 68.0 Å². The van der Waals surface area contributed by atoms with Crippen LogP contribution in [0.2, 0.25) is 0 Å². The number of ether oxygens (including phenoxy) is 1. The molecule has 0 aromatic heterocycles. The Morgan fingerprint density at radius 3 is 2.55 bits per heavy atom. The highest BCUT2D eigenvalue weighted by Gasteiger charge is 2.35. The smallest absolute Gasteiger partial charge is 0.243 e. The minimum atomic E-state index is -0.680. The highest BCUT2D eigenvalue weighted by Crippen LogP contribution is 2.20. The lowest BCUT2D eigenvalue weighted by atomic mass is 9.95. The summed E-state index contributed by atoms with van der Waals surface area (Å²) in [5.74, 6) is -0.0942. The lowest BCUT2D eigenvalue weighted by Gasteiger charge is -2.34. The number of carbonyl (C=O) groups excluding carboxylic acids is 3. The van der Waals surface area contributed by atoms with E-state index in [-0.39, 0.29) is 36.1 Å². The molecule has 3 N–H and O–H groups in total. The standard InChI is InChI=1S/C25H38N4O4/c1-6-18(4)22-25(32)29(5)23(17(2)3)24(31)28-16-21(30)26-13-9-11-19-10-7-8-12-20(19)33-15-14-27-22/h7-12,17-18,22-23,27H,6,13-16H2,1-5H3,(H,26,30)(H,28,31)/b11-9+. The number of fused-ring (bicyclic) bond motifs is 1. The van der Waals surface area contributed by atoms with E-state index in [1.54, 1.807) is 7.05 Å². The van der Waals surface area contributed by atoms with Gasteiger partial charge in [0, 0.05) is 25.7 Å². The van der Waals surface area contributed by atoms with Crippen LogP contribution in [0.1, 0.15) is 39.7 Å². The highest BCUT2D eigenvalue weighted by atomic mass is 16.5. The fourth-order valence-corrected chi connectivity index (χ4v) is 3.87. The van der Waals surface area contributed by atoms with Crippen molar-refractivity contribution in [1.29, 1.82) is 0 Å². The number of amides is 3. The van der Waals surface area contributed by atoms with Gasteiger partial charge in [-0.05, 0) is 17.9 Å². The van der Waals surface area contributed by atoms with Gasteiger partial charge in [-0.3, -0.25) is 14.4 Å². The number of carbonyl (C=O) groups is 3. The van der Waals surface area contributed by atoms with Crippen molar-refractivity contribution in [2.24, 2.45) is 11.8 Å². The SMILES string of the molecule is CCC(C)C1NCCOc2ccccc2/C=C/CNC(=O)CNC(=O)C(C(C)C)N(C)C1=O. The topological polar surface area (TPSA) is 99.8 Å². The average molecular weight is 459 g/mol. The predicted octanol–water partition coefficient (Wildman–Crippen LogP) is 1.81. The second-order valence-electron chi connectivity index (χ2n) is 8.77. The summed E-state index contributed by atoms with van der Waals surface area (Å²) >= 11 is 0. The van der Waals surface area contributed by atoms with Gasteiger partial charge >= 0.3 is 0 Å². The Bertz CT molecular complexity index is 839. The Hall–Kier alpha value is -2.87. The third kappa shape index (κ3) is 7.60. The predicted molar refractivity (Wildman–Crippen MR) is 130 cm³/mol. The van der Waals surface area contributed by atoms with Gasteiger partial charge in [0.25, 0.3) is 0 Å². The first-order valence-electron chi connectivity index (χ1n) is 11.7. The van der Waals surface area contributed by atoms with Gasteiger partial charge in [0.05, 0.1) is 12.6 Å². The first kappa shape index (κ1) is 26.4. The zero-order valence-electron chi connectivity index (χ0n) is 20.4. The lowest BCUT2D eigenvalue weighted by molar-refractivity contribution is -0.143. The molecule has 1 aromatic rings. The van der Waals surface area contributed by atoms with Gasteiger partial charge in [0.15, 0.2) is 0 Å². The van der Waals surface area contributed by atoms with E-state index in [1.165, 1.54) is 4.90 Å². The van der Waals surface area contributed by atoms with E-state index in [0.717, 1.165) is 17.7 Å². The second-order valence-corrected chi connectivity index (χ2v) is 8.77. The first-order valence-corrected chi connectivity index (χ1v) is 11.7. The largest absolute Gasteiger partial charge is 0.492 e. The van der Waals surface area contributed by atoms with Crippen molar-refractivity contribution < 1.29 is 19.1 Å². The fraction of sp³-hybridized carbons (Fsp3) is 0.560. The van der Waals surface area contributed by atoms with E-state index < -0.39 is 12.1 Å². The zero-order chi connectivity index (χ0) is 24.4. The summed E-state index contributed by atoms with van der Waals surface area (Å²) in [4.78, 5) is 40.0. The highest BCUT2D eigenvalue weighted by molar-refractivity contribution is 5.92. The van der Waals surface area contributed by atoms with Gasteiger partial charge in [0.2, 0.25) is 17.7 Å². The molecule has 0 aliphatic carbocycles. The summed E-state index contributed by atoms with van der Waals surface area (Å²) in [7, 11) is 1.65. The van der Waals surface area contributed by atoms with Crippen molar-refractivity contribution in [2.45, 2.75) is 46.2 Å². The molecule has 0 bridgehead atoms. The van der Waals surface area contributed by atoms with Crippen LogP contribution in [-0.2, 0) is 14.4 Å². The maximum absolute atomic E-state index is 13.4. The Morgan fingerprint density at radius 2 is 1.85 bits per heavy atom. The van der Waals surface area contributed by atoms with Crippen molar-refractivity contribution in [3.63, 3.8) is 0 Å². The zero-order valence-corrected chi connectivity index (χ0v) is 20.4. The van der Waals surface area contributed by atoms with Crippen LogP contribution < -0.4 is 20.7 Å². The van der Waals surface area contributed by atoms with Crippen molar-refractivity contribution in [3.8, 4) is 5.75 Å². The van der Waals surface area contributed by atoms with Crippen LogP contribution in [0.15, 0.2) is 30.3 Å². The normalized spacial score (nSPS) is 23.5. The lowest BCUT2D eigenvalue weighted by Crippen LogP contribution is -2.57. The first-order chi connectivity index (χ1) is 15.8. The van der Waals surface area contributed by atoms with Crippen molar-refractivity contribution in [2.75, 3.05) is 33.3 Å². The van der Waals surface area contributed by atoms with Crippen LogP contribution in [0.4, 0.5) is 0 Å². The maximum Gasteiger partial charge on any atom is 0.243 e. The van der Waals surface area contributed by atoms with Gasteiger partial charge in [-0.15, -0.1) is 0 Å². The second kappa shape index (κ2) is 13.0. The molecule has 2 rings (SSSR count).